The van der Waals surface area contributed by atoms with Crippen molar-refractivity contribution >= 4 is 0 Å². The molecule has 78 valence electrons. The largest absolute Gasteiger partial charge is 0.388 e. The monoisotopic (exact) mass is 192 g/mol. The molecule has 1 aliphatic rings. The van der Waals surface area contributed by atoms with Crippen molar-refractivity contribution in [3.8, 4) is 0 Å². The summed E-state index contributed by atoms with van der Waals surface area (Å²) < 4.78 is 10.2. The lowest BCUT2D eigenvalue weighted by molar-refractivity contribution is -0.278. The average molecular weight is 192 g/mol. The second kappa shape index (κ2) is 4.34. The molecule has 5 nitrogen and oxygen atoms in total. The van der Waals surface area contributed by atoms with Crippen LogP contribution in [0, 0.1) is 0 Å². The second-order valence-electron chi connectivity index (χ2n) is 3.44. The van der Waals surface area contributed by atoms with E-state index in [1.54, 1.807) is 13.8 Å². The van der Waals surface area contributed by atoms with Gasteiger partial charge in [-0.25, -0.2) is 0 Å². The number of hydrogen-bond donors (Lipinski definition) is 3. The van der Waals surface area contributed by atoms with Gasteiger partial charge in [0, 0.05) is 0 Å². The molecule has 0 spiro atoms. The van der Waals surface area contributed by atoms with Gasteiger partial charge in [0.2, 0.25) is 0 Å². The lowest BCUT2D eigenvalue weighted by Gasteiger charge is -2.35. The molecular formula is C8H16O5. The Hall–Kier alpha value is -0.200. The van der Waals surface area contributed by atoms with E-state index >= 15 is 0 Å². The summed E-state index contributed by atoms with van der Waals surface area (Å²) in [7, 11) is 0. The normalized spacial score (nSPS) is 41.1. The summed E-state index contributed by atoms with van der Waals surface area (Å²) in [5.74, 6) is 0. The summed E-state index contributed by atoms with van der Waals surface area (Å²) in [6.07, 6.45) is -4.37. The van der Waals surface area contributed by atoms with Gasteiger partial charge in [-0.05, 0) is 13.8 Å². The third-order valence-electron chi connectivity index (χ3n) is 1.86. The molecule has 1 saturated heterocycles. The van der Waals surface area contributed by atoms with Crippen molar-refractivity contribution in [2.75, 3.05) is 6.61 Å². The molecule has 0 aromatic rings. The van der Waals surface area contributed by atoms with Crippen LogP contribution in [0.3, 0.4) is 0 Å². The molecule has 0 aliphatic carbocycles. The first-order chi connectivity index (χ1) is 6.02. The van der Waals surface area contributed by atoms with E-state index in [-0.39, 0.29) is 12.7 Å². The van der Waals surface area contributed by atoms with E-state index < -0.39 is 24.6 Å². The molecule has 0 aromatic heterocycles. The number of aliphatic hydroxyl groups excluding tert-OH is 3. The van der Waals surface area contributed by atoms with Crippen molar-refractivity contribution in [1.82, 2.24) is 0 Å². The highest BCUT2D eigenvalue weighted by Crippen LogP contribution is 2.17. The van der Waals surface area contributed by atoms with E-state index in [0.717, 1.165) is 0 Å². The van der Waals surface area contributed by atoms with Gasteiger partial charge in [0.25, 0.3) is 0 Å². The first kappa shape index (κ1) is 10.9. The molecule has 5 heteroatoms. The minimum atomic E-state index is -1.20. The highest BCUT2D eigenvalue weighted by atomic mass is 16.7. The lowest BCUT2D eigenvalue weighted by Crippen LogP contribution is -2.54. The maximum Gasteiger partial charge on any atom is 0.186 e. The molecule has 1 rings (SSSR count). The molecule has 1 heterocycles. The summed E-state index contributed by atoms with van der Waals surface area (Å²) in [5.41, 5.74) is 0. The summed E-state index contributed by atoms with van der Waals surface area (Å²) in [5, 5.41) is 27.8. The summed E-state index contributed by atoms with van der Waals surface area (Å²) in [6, 6.07) is 0. The zero-order chi connectivity index (χ0) is 10.0. The van der Waals surface area contributed by atoms with Crippen LogP contribution in [-0.4, -0.2) is 52.6 Å². The first-order valence-corrected chi connectivity index (χ1v) is 4.33. The highest BCUT2D eigenvalue weighted by Gasteiger charge is 2.38. The van der Waals surface area contributed by atoms with Gasteiger partial charge in [0.1, 0.15) is 18.3 Å². The Balaban J connectivity index is 2.48. The van der Waals surface area contributed by atoms with Crippen LogP contribution in [0.2, 0.25) is 0 Å². The molecule has 1 unspecified atom stereocenters. The Morgan fingerprint density at radius 3 is 2.38 bits per heavy atom. The van der Waals surface area contributed by atoms with Gasteiger partial charge < -0.3 is 24.8 Å². The summed E-state index contributed by atoms with van der Waals surface area (Å²) in [4.78, 5) is 0. The smallest absolute Gasteiger partial charge is 0.186 e. The van der Waals surface area contributed by atoms with Crippen molar-refractivity contribution in [3.05, 3.63) is 0 Å². The fourth-order valence-electron chi connectivity index (χ4n) is 1.17. The van der Waals surface area contributed by atoms with Crippen LogP contribution >= 0.6 is 0 Å². The number of ether oxygens (including phenoxy) is 2. The quantitative estimate of drug-likeness (QED) is 0.515. The Bertz CT molecular complexity index is 161. The second-order valence-corrected chi connectivity index (χ2v) is 3.44. The summed E-state index contributed by atoms with van der Waals surface area (Å²) >= 11 is 0. The fraction of sp³-hybridized carbons (Fsp3) is 1.00. The van der Waals surface area contributed by atoms with Gasteiger partial charge in [-0.2, -0.15) is 0 Å². The van der Waals surface area contributed by atoms with E-state index in [0.29, 0.717) is 0 Å². The molecule has 3 N–H and O–H groups in total. The van der Waals surface area contributed by atoms with Crippen LogP contribution in [0.15, 0.2) is 0 Å². The SMILES string of the molecule is CC(C)O[C@@H]1OC[C@@H](O)[C@H](O)C1O. The molecule has 0 bridgehead atoms. The maximum atomic E-state index is 9.40. The Morgan fingerprint density at radius 2 is 1.85 bits per heavy atom. The molecule has 0 saturated carbocycles. The topological polar surface area (TPSA) is 79.2 Å². The lowest BCUT2D eigenvalue weighted by atomic mass is 10.1. The van der Waals surface area contributed by atoms with Gasteiger partial charge >= 0.3 is 0 Å². The Kier molecular flexibility index (Phi) is 3.63. The van der Waals surface area contributed by atoms with Crippen molar-refractivity contribution in [3.63, 3.8) is 0 Å². The van der Waals surface area contributed by atoms with Crippen LogP contribution in [0.4, 0.5) is 0 Å². The molecule has 0 radical (unpaired) electrons. The van der Waals surface area contributed by atoms with Crippen molar-refractivity contribution in [2.24, 2.45) is 0 Å². The van der Waals surface area contributed by atoms with E-state index in [4.69, 9.17) is 14.6 Å². The number of rotatable bonds is 2. The van der Waals surface area contributed by atoms with Gasteiger partial charge in [0.05, 0.1) is 12.7 Å². The molecule has 0 aromatic carbocycles. The predicted molar refractivity (Wildman–Crippen MR) is 44.0 cm³/mol. The van der Waals surface area contributed by atoms with Gasteiger partial charge in [-0.15, -0.1) is 0 Å². The zero-order valence-corrected chi connectivity index (χ0v) is 7.75. The van der Waals surface area contributed by atoms with E-state index in [1.807, 2.05) is 0 Å². The van der Waals surface area contributed by atoms with Crippen molar-refractivity contribution in [2.45, 2.75) is 44.6 Å². The minimum Gasteiger partial charge on any atom is -0.388 e. The van der Waals surface area contributed by atoms with Crippen LogP contribution in [0.5, 0.6) is 0 Å². The molecule has 0 amide bonds. The van der Waals surface area contributed by atoms with Crippen LogP contribution in [0.1, 0.15) is 13.8 Å². The van der Waals surface area contributed by atoms with E-state index in [1.165, 1.54) is 0 Å². The fourth-order valence-corrected chi connectivity index (χ4v) is 1.17. The third-order valence-corrected chi connectivity index (χ3v) is 1.86. The maximum absolute atomic E-state index is 9.40. The molecule has 1 fully saturated rings. The van der Waals surface area contributed by atoms with E-state index in [2.05, 4.69) is 0 Å². The standard InChI is InChI=1S/C8H16O5/c1-4(2)13-8-7(11)6(10)5(9)3-12-8/h4-11H,3H2,1-2H3/t5-,6+,7?,8+/m1/s1. The predicted octanol–water partition coefficient (Wildman–Crippen LogP) is -1.15. The number of aliphatic hydroxyl groups is 3. The van der Waals surface area contributed by atoms with Crippen LogP contribution in [0.25, 0.3) is 0 Å². The first-order valence-electron chi connectivity index (χ1n) is 4.33. The average Bonchev–Trinajstić information content (AvgIpc) is 2.06. The molecule has 1 aliphatic heterocycles. The summed E-state index contributed by atoms with van der Waals surface area (Å²) in [6.45, 7) is 3.58. The van der Waals surface area contributed by atoms with Gasteiger partial charge in [0.15, 0.2) is 6.29 Å². The molecular weight excluding hydrogens is 176 g/mol. The molecule has 4 atom stereocenters. The van der Waals surface area contributed by atoms with Crippen LogP contribution in [-0.2, 0) is 9.47 Å². The minimum absolute atomic E-state index is 0.0182. The highest BCUT2D eigenvalue weighted by molar-refractivity contribution is 4.82. The molecule has 13 heavy (non-hydrogen) atoms. The van der Waals surface area contributed by atoms with E-state index in [9.17, 15) is 10.2 Å². The zero-order valence-electron chi connectivity index (χ0n) is 7.75. The van der Waals surface area contributed by atoms with Crippen molar-refractivity contribution in [1.29, 1.82) is 0 Å². The van der Waals surface area contributed by atoms with Crippen LogP contribution < -0.4 is 0 Å². The Labute approximate surface area is 76.9 Å². The van der Waals surface area contributed by atoms with Gasteiger partial charge in [-0.3, -0.25) is 0 Å². The van der Waals surface area contributed by atoms with Gasteiger partial charge in [-0.1, -0.05) is 0 Å². The third kappa shape index (κ3) is 2.62. The van der Waals surface area contributed by atoms with Crippen molar-refractivity contribution < 1.29 is 24.8 Å². The number of hydrogen-bond acceptors (Lipinski definition) is 5. The Morgan fingerprint density at radius 1 is 1.23 bits per heavy atom.